The molecule has 1 heteroatoms. The molecule has 0 aromatic rings. The van der Waals surface area contributed by atoms with Crippen molar-refractivity contribution in [1.82, 2.24) is 0 Å². The van der Waals surface area contributed by atoms with Crippen LogP contribution in [0, 0.1) is 22.8 Å². The summed E-state index contributed by atoms with van der Waals surface area (Å²) >= 11 is 0. The molecule has 1 N–H and O–H groups in total. The molecule has 0 spiro atoms. The minimum absolute atomic E-state index is 0.0216. The monoisotopic (exact) mass is 219 g/mol. The summed E-state index contributed by atoms with van der Waals surface area (Å²) < 4.78 is 0. The van der Waals surface area contributed by atoms with Gasteiger partial charge in [0.15, 0.2) is 0 Å². The fraction of sp³-hybridized carbons (Fsp3) is 0.600. The summed E-state index contributed by atoms with van der Waals surface area (Å²) in [6, 6.07) is 0. The maximum Gasteiger partial charge on any atom is 0.104 e. The minimum Gasteiger partial charge on any atom is -0.511 e. The number of hydrogen-bond donors (Lipinski definition) is 1. The van der Waals surface area contributed by atoms with E-state index in [1.54, 1.807) is 0 Å². The van der Waals surface area contributed by atoms with E-state index >= 15 is 0 Å². The Morgan fingerprint density at radius 1 is 1.19 bits per heavy atom. The third kappa shape index (κ3) is 2.40. The third-order valence-corrected chi connectivity index (χ3v) is 2.97. The molecule has 16 heavy (non-hydrogen) atoms. The number of rotatable bonds is 0. The number of allylic oxidation sites excluding steroid dienone is 4. The Labute approximate surface area is 99.6 Å². The molecule has 0 fully saturated rings. The molecule has 1 radical (unpaired) electrons. The van der Waals surface area contributed by atoms with Crippen molar-refractivity contribution in [3.8, 4) is 0 Å². The van der Waals surface area contributed by atoms with Crippen LogP contribution >= 0.6 is 0 Å². The van der Waals surface area contributed by atoms with Gasteiger partial charge in [0.1, 0.15) is 5.76 Å². The highest BCUT2D eigenvalue weighted by Gasteiger charge is 2.35. The van der Waals surface area contributed by atoms with Crippen LogP contribution in [0.5, 0.6) is 0 Å². The van der Waals surface area contributed by atoms with Gasteiger partial charge in [-0.2, -0.15) is 0 Å². The van der Waals surface area contributed by atoms with Crippen LogP contribution in [0.15, 0.2) is 29.6 Å². The highest BCUT2D eigenvalue weighted by Crippen LogP contribution is 2.43. The molecule has 0 saturated carbocycles. The lowest BCUT2D eigenvalue weighted by atomic mass is 9.69. The fourth-order valence-corrected chi connectivity index (χ4v) is 2.18. The van der Waals surface area contributed by atoms with Gasteiger partial charge < -0.3 is 5.11 Å². The van der Waals surface area contributed by atoms with Crippen LogP contribution in [-0.2, 0) is 0 Å². The van der Waals surface area contributed by atoms with Crippen LogP contribution in [0.2, 0.25) is 0 Å². The molecule has 89 valence electrons. The van der Waals surface area contributed by atoms with E-state index < -0.39 is 0 Å². The molecule has 1 aliphatic carbocycles. The summed E-state index contributed by atoms with van der Waals surface area (Å²) in [5.41, 5.74) is 1.76. The Morgan fingerprint density at radius 2 is 1.69 bits per heavy atom. The standard InChI is InChI=1S/C15H23O/c1-10-8-9-11(14(2,3)4)13(16)12(10)15(5,6)7/h9,12,16H,1H2,2-7H3. The first kappa shape index (κ1) is 13.1. The van der Waals surface area contributed by atoms with Gasteiger partial charge in [-0.1, -0.05) is 48.1 Å². The molecule has 0 aromatic heterocycles. The van der Waals surface area contributed by atoms with Crippen molar-refractivity contribution in [2.75, 3.05) is 0 Å². The van der Waals surface area contributed by atoms with Crippen LogP contribution in [0.25, 0.3) is 0 Å². The highest BCUT2D eigenvalue weighted by molar-refractivity contribution is 5.40. The summed E-state index contributed by atoms with van der Waals surface area (Å²) in [6.07, 6.45) is 5.06. The third-order valence-electron chi connectivity index (χ3n) is 2.97. The molecule has 0 aliphatic heterocycles. The van der Waals surface area contributed by atoms with Gasteiger partial charge in [0.2, 0.25) is 0 Å². The van der Waals surface area contributed by atoms with Crippen LogP contribution in [0.4, 0.5) is 0 Å². The molecule has 1 nitrogen and oxygen atoms in total. The highest BCUT2D eigenvalue weighted by atomic mass is 16.3. The van der Waals surface area contributed by atoms with Gasteiger partial charge in [-0.15, -0.1) is 0 Å². The number of aliphatic hydroxyl groups excluding tert-OH is 1. The lowest BCUT2D eigenvalue weighted by molar-refractivity contribution is 0.221. The van der Waals surface area contributed by atoms with Crippen molar-refractivity contribution >= 4 is 0 Å². The molecule has 0 bridgehead atoms. The van der Waals surface area contributed by atoms with E-state index in [1.807, 2.05) is 6.08 Å². The molecule has 0 amide bonds. The van der Waals surface area contributed by atoms with Crippen LogP contribution in [0.3, 0.4) is 0 Å². The van der Waals surface area contributed by atoms with E-state index in [0.717, 1.165) is 11.1 Å². The first-order valence-electron chi connectivity index (χ1n) is 5.77. The largest absolute Gasteiger partial charge is 0.511 e. The zero-order chi connectivity index (χ0) is 12.7. The van der Waals surface area contributed by atoms with Crippen LogP contribution in [-0.4, -0.2) is 5.11 Å². The summed E-state index contributed by atoms with van der Waals surface area (Å²) in [6.45, 7) is 16.6. The second-order valence-corrected chi connectivity index (χ2v) is 6.66. The van der Waals surface area contributed by atoms with E-state index in [0.29, 0.717) is 5.76 Å². The SMILES string of the molecule is C=C1[C]=CC(C(C)(C)C)=C(O)C1C(C)(C)C. The van der Waals surface area contributed by atoms with Crippen molar-refractivity contribution < 1.29 is 5.11 Å². The van der Waals surface area contributed by atoms with Crippen molar-refractivity contribution in [3.63, 3.8) is 0 Å². The molecule has 1 unspecified atom stereocenters. The van der Waals surface area contributed by atoms with Gasteiger partial charge in [0, 0.05) is 5.92 Å². The van der Waals surface area contributed by atoms with E-state index in [2.05, 4.69) is 54.2 Å². The lowest BCUT2D eigenvalue weighted by Gasteiger charge is -2.36. The Morgan fingerprint density at radius 3 is 2.06 bits per heavy atom. The normalized spacial score (nSPS) is 22.9. The number of hydrogen-bond acceptors (Lipinski definition) is 1. The van der Waals surface area contributed by atoms with Crippen molar-refractivity contribution in [1.29, 1.82) is 0 Å². The van der Waals surface area contributed by atoms with Gasteiger partial charge >= 0.3 is 0 Å². The quantitative estimate of drug-likeness (QED) is 0.638. The van der Waals surface area contributed by atoms with Gasteiger partial charge in [0.25, 0.3) is 0 Å². The topological polar surface area (TPSA) is 20.2 Å². The summed E-state index contributed by atoms with van der Waals surface area (Å²) in [5, 5.41) is 10.4. The van der Waals surface area contributed by atoms with Gasteiger partial charge in [-0.25, -0.2) is 0 Å². The lowest BCUT2D eigenvalue weighted by Crippen LogP contribution is -2.28. The maximum absolute atomic E-state index is 10.4. The summed E-state index contributed by atoms with van der Waals surface area (Å²) in [4.78, 5) is 0. The molecule has 0 saturated heterocycles. The molecule has 0 aromatic carbocycles. The van der Waals surface area contributed by atoms with Gasteiger partial charge in [-0.3, -0.25) is 0 Å². The van der Waals surface area contributed by atoms with Gasteiger partial charge in [-0.05, 0) is 34.1 Å². The Bertz CT molecular complexity index is 356. The molecule has 1 rings (SSSR count). The molecule has 1 atom stereocenters. The zero-order valence-electron chi connectivity index (χ0n) is 11.3. The average Bonchev–Trinajstić information content (AvgIpc) is 1.97. The Hall–Kier alpha value is -0.980. The van der Waals surface area contributed by atoms with Crippen molar-refractivity contribution in [2.45, 2.75) is 41.5 Å². The first-order chi connectivity index (χ1) is 7.05. The predicted molar refractivity (Wildman–Crippen MR) is 69.0 cm³/mol. The summed E-state index contributed by atoms with van der Waals surface area (Å²) in [7, 11) is 0. The Balaban J connectivity index is 3.28. The second kappa shape index (κ2) is 3.80. The van der Waals surface area contributed by atoms with Crippen LogP contribution < -0.4 is 0 Å². The molecule has 1 aliphatic rings. The van der Waals surface area contributed by atoms with E-state index in [-0.39, 0.29) is 16.7 Å². The predicted octanol–water partition coefficient (Wildman–Crippen LogP) is 4.44. The van der Waals surface area contributed by atoms with E-state index in [9.17, 15) is 5.11 Å². The zero-order valence-corrected chi connectivity index (χ0v) is 11.3. The maximum atomic E-state index is 10.4. The molecule has 0 heterocycles. The Kier molecular flexibility index (Phi) is 3.11. The van der Waals surface area contributed by atoms with Gasteiger partial charge in [0.05, 0.1) is 0 Å². The summed E-state index contributed by atoms with van der Waals surface area (Å²) in [5.74, 6) is 0.440. The van der Waals surface area contributed by atoms with Crippen LogP contribution in [0.1, 0.15) is 41.5 Å². The van der Waals surface area contributed by atoms with E-state index in [4.69, 9.17) is 0 Å². The minimum atomic E-state index is -0.0543. The van der Waals surface area contributed by atoms with Crippen molar-refractivity contribution in [2.24, 2.45) is 16.7 Å². The molecular formula is C15H23O. The smallest absolute Gasteiger partial charge is 0.104 e. The average molecular weight is 219 g/mol. The van der Waals surface area contributed by atoms with E-state index in [1.165, 1.54) is 0 Å². The number of aliphatic hydroxyl groups is 1. The second-order valence-electron chi connectivity index (χ2n) is 6.66. The fourth-order valence-electron chi connectivity index (χ4n) is 2.18. The van der Waals surface area contributed by atoms with Crippen molar-refractivity contribution in [3.05, 3.63) is 35.6 Å². The first-order valence-corrected chi connectivity index (χ1v) is 5.77. The molecular weight excluding hydrogens is 196 g/mol.